The summed E-state index contributed by atoms with van der Waals surface area (Å²) < 4.78 is 1.99. The Morgan fingerprint density at radius 1 is 1.15 bits per heavy atom. The molecule has 3 heteroatoms. The highest BCUT2D eigenvalue weighted by molar-refractivity contribution is 5.78. The Labute approximate surface area is 119 Å². The monoisotopic (exact) mass is 265 g/mol. The van der Waals surface area contributed by atoms with Crippen LogP contribution in [0.3, 0.4) is 0 Å². The van der Waals surface area contributed by atoms with E-state index in [4.69, 9.17) is 0 Å². The maximum absolute atomic E-state index is 4.62. The van der Waals surface area contributed by atoms with Gasteiger partial charge in [0.15, 0.2) is 0 Å². The molecule has 20 heavy (non-hydrogen) atoms. The standard InChI is InChI=1S/C17H19N3/c1-12(2)15-6-7-17-16(8-15)11-20(19-17)10-14-5-4-13(3)18-9-14/h4-9,11-12H,10H2,1-3H3. The van der Waals surface area contributed by atoms with E-state index < -0.39 is 0 Å². The van der Waals surface area contributed by atoms with Gasteiger partial charge < -0.3 is 0 Å². The van der Waals surface area contributed by atoms with E-state index in [1.165, 1.54) is 16.5 Å². The Morgan fingerprint density at radius 2 is 2.00 bits per heavy atom. The molecule has 3 aromatic rings. The van der Waals surface area contributed by atoms with Gasteiger partial charge in [0.2, 0.25) is 0 Å². The molecule has 0 fully saturated rings. The van der Waals surface area contributed by atoms with Crippen molar-refractivity contribution in [1.29, 1.82) is 0 Å². The smallest absolute Gasteiger partial charge is 0.0923 e. The summed E-state index contributed by atoms with van der Waals surface area (Å²) in [5.74, 6) is 0.545. The summed E-state index contributed by atoms with van der Waals surface area (Å²) in [6.45, 7) is 7.19. The number of aromatic nitrogens is 3. The molecule has 2 aromatic heterocycles. The number of pyridine rings is 1. The molecule has 0 aliphatic heterocycles. The van der Waals surface area contributed by atoms with E-state index in [9.17, 15) is 0 Å². The molecule has 1 aromatic carbocycles. The molecule has 102 valence electrons. The second-order valence-electron chi connectivity index (χ2n) is 5.61. The lowest BCUT2D eigenvalue weighted by Gasteiger charge is -2.03. The predicted molar refractivity (Wildman–Crippen MR) is 81.9 cm³/mol. The number of benzene rings is 1. The Balaban J connectivity index is 1.90. The normalized spacial score (nSPS) is 11.4. The van der Waals surface area contributed by atoms with Crippen LogP contribution in [0.4, 0.5) is 0 Å². The summed E-state index contributed by atoms with van der Waals surface area (Å²) in [6.07, 6.45) is 4.03. The van der Waals surface area contributed by atoms with Crippen LogP contribution in [-0.2, 0) is 6.54 Å². The molecule has 0 aliphatic rings. The van der Waals surface area contributed by atoms with E-state index in [2.05, 4.69) is 54.4 Å². The summed E-state index contributed by atoms with van der Waals surface area (Å²) in [6, 6.07) is 10.6. The fourth-order valence-electron chi connectivity index (χ4n) is 2.31. The maximum atomic E-state index is 4.62. The predicted octanol–water partition coefficient (Wildman–Crippen LogP) is 3.91. The average molecular weight is 265 g/mol. The molecule has 0 N–H and O–H groups in total. The van der Waals surface area contributed by atoms with Gasteiger partial charge in [0, 0.05) is 23.5 Å². The van der Waals surface area contributed by atoms with Crippen LogP contribution in [0, 0.1) is 6.92 Å². The van der Waals surface area contributed by atoms with Gasteiger partial charge in [0.25, 0.3) is 0 Å². The van der Waals surface area contributed by atoms with E-state index in [1.54, 1.807) is 0 Å². The first-order chi connectivity index (χ1) is 9.61. The number of fused-ring (bicyclic) bond motifs is 1. The fraction of sp³-hybridized carbons (Fsp3) is 0.294. The third-order valence-electron chi connectivity index (χ3n) is 3.56. The zero-order chi connectivity index (χ0) is 14.1. The lowest BCUT2D eigenvalue weighted by atomic mass is 10.0. The molecule has 0 unspecified atom stereocenters. The molecule has 0 atom stereocenters. The highest BCUT2D eigenvalue weighted by Crippen LogP contribution is 2.20. The quantitative estimate of drug-likeness (QED) is 0.718. The average Bonchev–Trinajstić information content (AvgIpc) is 2.82. The van der Waals surface area contributed by atoms with Crippen molar-refractivity contribution in [1.82, 2.24) is 14.8 Å². The Hall–Kier alpha value is -2.16. The van der Waals surface area contributed by atoms with Crippen molar-refractivity contribution < 1.29 is 0 Å². The van der Waals surface area contributed by atoms with E-state index in [1.807, 2.05) is 23.9 Å². The fourth-order valence-corrected chi connectivity index (χ4v) is 2.31. The summed E-state index contributed by atoms with van der Waals surface area (Å²) in [4.78, 5) is 4.33. The minimum absolute atomic E-state index is 0.545. The third kappa shape index (κ3) is 2.57. The zero-order valence-corrected chi connectivity index (χ0v) is 12.2. The first-order valence-electron chi connectivity index (χ1n) is 7.00. The van der Waals surface area contributed by atoms with Crippen LogP contribution in [0.25, 0.3) is 10.9 Å². The number of hydrogen-bond donors (Lipinski definition) is 0. The summed E-state index contributed by atoms with van der Waals surface area (Å²) >= 11 is 0. The van der Waals surface area contributed by atoms with Crippen LogP contribution in [-0.4, -0.2) is 14.8 Å². The van der Waals surface area contributed by atoms with Crippen molar-refractivity contribution in [2.75, 3.05) is 0 Å². The van der Waals surface area contributed by atoms with Crippen molar-refractivity contribution in [2.24, 2.45) is 0 Å². The molecule has 3 nitrogen and oxygen atoms in total. The topological polar surface area (TPSA) is 30.7 Å². The minimum atomic E-state index is 0.545. The van der Waals surface area contributed by atoms with Crippen LogP contribution in [0.5, 0.6) is 0 Å². The minimum Gasteiger partial charge on any atom is -0.267 e. The third-order valence-corrected chi connectivity index (χ3v) is 3.56. The first-order valence-corrected chi connectivity index (χ1v) is 7.00. The van der Waals surface area contributed by atoms with Gasteiger partial charge >= 0.3 is 0 Å². The lowest BCUT2D eigenvalue weighted by Crippen LogP contribution is -2.00. The van der Waals surface area contributed by atoms with Gasteiger partial charge in [-0.15, -0.1) is 0 Å². The summed E-state index contributed by atoms with van der Waals surface area (Å²) in [7, 11) is 0. The van der Waals surface area contributed by atoms with E-state index >= 15 is 0 Å². The van der Waals surface area contributed by atoms with E-state index in [-0.39, 0.29) is 0 Å². The van der Waals surface area contributed by atoms with Crippen molar-refractivity contribution in [3.8, 4) is 0 Å². The highest BCUT2D eigenvalue weighted by Gasteiger charge is 2.05. The Morgan fingerprint density at radius 3 is 2.70 bits per heavy atom. The number of hydrogen-bond acceptors (Lipinski definition) is 2. The molecule has 0 amide bonds. The van der Waals surface area contributed by atoms with Gasteiger partial charge in [-0.3, -0.25) is 9.67 Å². The van der Waals surface area contributed by atoms with Crippen LogP contribution in [0.2, 0.25) is 0 Å². The van der Waals surface area contributed by atoms with Crippen LogP contribution >= 0.6 is 0 Å². The van der Waals surface area contributed by atoms with Crippen LogP contribution in [0.1, 0.15) is 36.6 Å². The number of rotatable bonds is 3. The number of aryl methyl sites for hydroxylation is 1. The molecule has 0 spiro atoms. The van der Waals surface area contributed by atoms with Gasteiger partial charge in [-0.1, -0.05) is 26.0 Å². The van der Waals surface area contributed by atoms with E-state index in [0.29, 0.717) is 5.92 Å². The molecule has 0 radical (unpaired) electrons. The van der Waals surface area contributed by atoms with Crippen molar-refractivity contribution in [3.05, 3.63) is 59.5 Å². The lowest BCUT2D eigenvalue weighted by molar-refractivity contribution is 0.693. The summed E-state index contributed by atoms with van der Waals surface area (Å²) in [5, 5.41) is 5.82. The number of nitrogens with zero attached hydrogens (tertiary/aromatic N) is 3. The molecule has 0 saturated carbocycles. The zero-order valence-electron chi connectivity index (χ0n) is 12.2. The van der Waals surface area contributed by atoms with Crippen molar-refractivity contribution in [2.45, 2.75) is 33.2 Å². The van der Waals surface area contributed by atoms with Gasteiger partial charge in [0.1, 0.15) is 0 Å². The van der Waals surface area contributed by atoms with Crippen LogP contribution < -0.4 is 0 Å². The Kier molecular flexibility index (Phi) is 3.26. The Bertz CT molecular complexity index is 724. The van der Waals surface area contributed by atoms with Crippen molar-refractivity contribution in [3.63, 3.8) is 0 Å². The molecule has 0 aliphatic carbocycles. The maximum Gasteiger partial charge on any atom is 0.0923 e. The molecule has 0 bridgehead atoms. The van der Waals surface area contributed by atoms with Gasteiger partial charge in [-0.25, -0.2) is 0 Å². The summed E-state index contributed by atoms with van der Waals surface area (Å²) in [5.41, 5.74) is 4.62. The van der Waals surface area contributed by atoms with E-state index in [0.717, 1.165) is 17.8 Å². The highest BCUT2D eigenvalue weighted by atomic mass is 15.3. The largest absolute Gasteiger partial charge is 0.267 e. The van der Waals surface area contributed by atoms with Crippen molar-refractivity contribution >= 4 is 10.9 Å². The second kappa shape index (κ2) is 5.08. The van der Waals surface area contributed by atoms with Crippen LogP contribution in [0.15, 0.2) is 42.7 Å². The van der Waals surface area contributed by atoms with Gasteiger partial charge in [-0.2, -0.15) is 5.10 Å². The SMILES string of the molecule is Cc1ccc(Cn2cc3cc(C(C)C)ccc3n2)cn1. The van der Waals surface area contributed by atoms with Gasteiger partial charge in [-0.05, 0) is 42.2 Å². The van der Waals surface area contributed by atoms with Gasteiger partial charge in [0.05, 0.1) is 12.1 Å². The molecular weight excluding hydrogens is 246 g/mol. The molecule has 3 rings (SSSR count). The second-order valence-corrected chi connectivity index (χ2v) is 5.61. The molecule has 2 heterocycles. The first kappa shape index (κ1) is 12.9. The molecule has 0 saturated heterocycles. The molecular formula is C17H19N3.